The Labute approximate surface area is 111 Å². The summed E-state index contributed by atoms with van der Waals surface area (Å²) in [6.07, 6.45) is 3.89. The molecule has 1 unspecified atom stereocenters. The third-order valence-electron chi connectivity index (χ3n) is 3.00. The Balaban J connectivity index is 2.08. The van der Waals surface area contributed by atoms with E-state index in [9.17, 15) is 9.90 Å². The van der Waals surface area contributed by atoms with Crippen LogP contribution in [0.5, 0.6) is 0 Å². The third kappa shape index (κ3) is 3.24. The van der Waals surface area contributed by atoms with Crippen molar-refractivity contribution in [1.29, 1.82) is 0 Å². The summed E-state index contributed by atoms with van der Waals surface area (Å²) >= 11 is 0. The van der Waals surface area contributed by atoms with E-state index in [2.05, 4.69) is 10.3 Å². The van der Waals surface area contributed by atoms with Gasteiger partial charge in [-0.2, -0.15) is 0 Å². The SMILES string of the molecule is CC(C)CC(CNc1nccc2occc12)C(=O)O. The zero-order valence-electron chi connectivity index (χ0n) is 11.1. The number of anilines is 1. The molecule has 0 aliphatic carbocycles. The van der Waals surface area contributed by atoms with E-state index in [4.69, 9.17) is 4.42 Å². The van der Waals surface area contributed by atoms with Crippen LogP contribution < -0.4 is 5.32 Å². The predicted molar refractivity (Wildman–Crippen MR) is 73.1 cm³/mol. The molecule has 2 heterocycles. The van der Waals surface area contributed by atoms with Crippen LogP contribution in [-0.2, 0) is 4.79 Å². The molecule has 1 atom stereocenters. The number of rotatable bonds is 6. The number of carbonyl (C=O) groups is 1. The number of hydrogen-bond acceptors (Lipinski definition) is 4. The van der Waals surface area contributed by atoms with Gasteiger partial charge in [-0.1, -0.05) is 13.8 Å². The fourth-order valence-corrected chi connectivity index (χ4v) is 2.10. The molecule has 0 bridgehead atoms. The zero-order valence-corrected chi connectivity index (χ0v) is 11.1. The van der Waals surface area contributed by atoms with Crippen molar-refractivity contribution in [3.8, 4) is 0 Å². The Morgan fingerprint density at radius 1 is 1.47 bits per heavy atom. The lowest BCUT2D eigenvalue weighted by atomic mass is 9.97. The van der Waals surface area contributed by atoms with Crippen LogP contribution in [0.2, 0.25) is 0 Å². The first-order chi connectivity index (χ1) is 9.08. The molecule has 0 amide bonds. The van der Waals surface area contributed by atoms with Gasteiger partial charge in [-0.3, -0.25) is 4.79 Å². The van der Waals surface area contributed by atoms with Gasteiger partial charge in [0.1, 0.15) is 11.4 Å². The first-order valence-electron chi connectivity index (χ1n) is 6.37. The summed E-state index contributed by atoms with van der Waals surface area (Å²) in [4.78, 5) is 15.4. The second kappa shape index (κ2) is 5.73. The lowest BCUT2D eigenvalue weighted by Gasteiger charge is -2.15. The maximum Gasteiger partial charge on any atom is 0.308 e. The van der Waals surface area contributed by atoms with Gasteiger partial charge in [0, 0.05) is 12.7 Å². The van der Waals surface area contributed by atoms with Crippen LogP contribution in [0.1, 0.15) is 20.3 Å². The highest BCUT2D eigenvalue weighted by Crippen LogP contribution is 2.22. The molecule has 2 aromatic rings. The molecule has 0 fully saturated rings. The van der Waals surface area contributed by atoms with Crippen molar-refractivity contribution in [2.45, 2.75) is 20.3 Å². The van der Waals surface area contributed by atoms with Gasteiger partial charge in [0.05, 0.1) is 17.6 Å². The lowest BCUT2D eigenvalue weighted by Crippen LogP contribution is -2.24. The quantitative estimate of drug-likeness (QED) is 0.837. The molecule has 5 heteroatoms. The molecular formula is C14H18N2O3. The summed E-state index contributed by atoms with van der Waals surface area (Å²) in [5.41, 5.74) is 0.744. The highest BCUT2D eigenvalue weighted by Gasteiger charge is 2.19. The number of nitrogens with one attached hydrogen (secondary N) is 1. The maximum absolute atomic E-state index is 11.2. The fraction of sp³-hybridized carbons (Fsp3) is 0.429. The minimum Gasteiger partial charge on any atom is -0.481 e. The molecule has 0 aliphatic rings. The monoisotopic (exact) mass is 262 g/mol. The number of aliphatic carboxylic acids is 1. The molecule has 19 heavy (non-hydrogen) atoms. The summed E-state index contributed by atoms with van der Waals surface area (Å²) in [5.74, 6) is -0.175. The highest BCUT2D eigenvalue weighted by molar-refractivity contribution is 5.88. The van der Waals surface area contributed by atoms with Crippen LogP contribution in [0.15, 0.2) is 29.0 Å². The molecule has 0 aliphatic heterocycles. The van der Waals surface area contributed by atoms with E-state index in [1.165, 1.54) is 0 Å². The largest absolute Gasteiger partial charge is 0.481 e. The molecule has 0 spiro atoms. The van der Waals surface area contributed by atoms with Crippen LogP contribution >= 0.6 is 0 Å². The fourth-order valence-electron chi connectivity index (χ4n) is 2.10. The van der Waals surface area contributed by atoms with Crippen molar-refractivity contribution in [2.24, 2.45) is 11.8 Å². The number of aromatic nitrogens is 1. The normalized spacial score (nSPS) is 12.8. The van der Waals surface area contributed by atoms with E-state index in [-0.39, 0.29) is 0 Å². The first-order valence-corrected chi connectivity index (χ1v) is 6.37. The van der Waals surface area contributed by atoms with Crippen LogP contribution in [0.3, 0.4) is 0 Å². The topological polar surface area (TPSA) is 75.4 Å². The van der Waals surface area contributed by atoms with Crippen LogP contribution in [0.4, 0.5) is 5.82 Å². The van der Waals surface area contributed by atoms with E-state index in [1.54, 1.807) is 18.5 Å². The van der Waals surface area contributed by atoms with Crippen LogP contribution in [-0.4, -0.2) is 22.6 Å². The van der Waals surface area contributed by atoms with Crippen LogP contribution in [0.25, 0.3) is 11.0 Å². The summed E-state index contributed by atoms with van der Waals surface area (Å²) < 4.78 is 5.28. The maximum atomic E-state index is 11.2. The van der Waals surface area contributed by atoms with Crippen molar-refractivity contribution in [1.82, 2.24) is 4.98 Å². The van der Waals surface area contributed by atoms with Crippen molar-refractivity contribution in [3.63, 3.8) is 0 Å². The molecular weight excluding hydrogens is 244 g/mol. The minimum absolute atomic E-state index is 0.348. The molecule has 2 rings (SSSR count). The molecule has 0 aromatic carbocycles. The Kier molecular flexibility index (Phi) is 4.04. The Bertz CT molecular complexity index is 563. The number of fused-ring (bicyclic) bond motifs is 1. The standard InChI is InChI=1S/C14H18N2O3/c1-9(2)7-10(14(17)18)8-16-13-11-4-6-19-12(11)3-5-15-13/h3-6,9-10H,7-8H2,1-2H3,(H,15,16)(H,17,18). The molecule has 0 radical (unpaired) electrons. The minimum atomic E-state index is -0.777. The summed E-state index contributed by atoms with van der Waals surface area (Å²) in [6.45, 7) is 4.40. The second-order valence-electron chi connectivity index (χ2n) is 5.04. The predicted octanol–water partition coefficient (Wildman–Crippen LogP) is 2.99. The number of nitrogens with zero attached hydrogens (tertiary/aromatic N) is 1. The van der Waals surface area contributed by atoms with E-state index in [0.29, 0.717) is 24.7 Å². The van der Waals surface area contributed by atoms with Gasteiger partial charge < -0.3 is 14.8 Å². The number of carboxylic acid groups (broad SMARTS) is 1. The molecule has 0 saturated carbocycles. The summed E-state index contributed by atoms with van der Waals surface area (Å²) in [7, 11) is 0. The van der Waals surface area contributed by atoms with E-state index in [0.717, 1.165) is 11.0 Å². The Hall–Kier alpha value is -2.04. The number of pyridine rings is 1. The van der Waals surface area contributed by atoms with E-state index >= 15 is 0 Å². The molecule has 5 nitrogen and oxygen atoms in total. The second-order valence-corrected chi connectivity index (χ2v) is 5.04. The molecule has 2 N–H and O–H groups in total. The van der Waals surface area contributed by atoms with Gasteiger partial charge in [-0.15, -0.1) is 0 Å². The molecule has 102 valence electrons. The average molecular weight is 262 g/mol. The molecule has 2 aromatic heterocycles. The van der Waals surface area contributed by atoms with Crippen molar-refractivity contribution < 1.29 is 14.3 Å². The lowest BCUT2D eigenvalue weighted by molar-refractivity contribution is -0.141. The van der Waals surface area contributed by atoms with Gasteiger partial charge in [0.25, 0.3) is 0 Å². The summed E-state index contributed by atoms with van der Waals surface area (Å²) in [6, 6.07) is 3.60. The number of furan rings is 1. The zero-order chi connectivity index (χ0) is 13.8. The number of hydrogen-bond donors (Lipinski definition) is 2. The van der Waals surface area contributed by atoms with Crippen LogP contribution in [0, 0.1) is 11.8 Å². The third-order valence-corrected chi connectivity index (χ3v) is 3.00. The van der Waals surface area contributed by atoms with Crippen molar-refractivity contribution >= 4 is 22.8 Å². The van der Waals surface area contributed by atoms with E-state index in [1.807, 2.05) is 19.9 Å². The van der Waals surface area contributed by atoms with Crippen molar-refractivity contribution in [3.05, 3.63) is 24.6 Å². The number of carboxylic acids is 1. The van der Waals surface area contributed by atoms with Gasteiger partial charge in [0.15, 0.2) is 0 Å². The average Bonchev–Trinajstić information content (AvgIpc) is 2.82. The van der Waals surface area contributed by atoms with E-state index < -0.39 is 11.9 Å². The Morgan fingerprint density at radius 2 is 2.26 bits per heavy atom. The first kappa shape index (κ1) is 13.4. The smallest absolute Gasteiger partial charge is 0.308 e. The van der Waals surface area contributed by atoms with Gasteiger partial charge in [-0.25, -0.2) is 4.98 Å². The van der Waals surface area contributed by atoms with Gasteiger partial charge >= 0.3 is 5.97 Å². The highest BCUT2D eigenvalue weighted by atomic mass is 16.4. The van der Waals surface area contributed by atoms with Gasteiger partial charge in [-0.05, 0) is 24.5 Å². The van der Waals surface area contributed by atoms with Gasteiger partial charge in [0.2, 0.25) is 0 Å². The Morgan fingerprint density at radius 3 is 2.95 bits per heavy atom. The summed E-state index contributed by atoms with van der Waals surface area (Å²) in [5, 5.41) is 13.2. The van der Waals surface area contributed by atoms with Crippen molar-refractivity contribution in [2.75, 3.05) is 11.9 Å². The molecule has 0 saturated heterocycles.